The highest BCUT2D eigenvalue weighted by molar-refractivity contribution is 7.88. The molecular weight excluding hydrogens is 292 g/mol. The number of benzene rings is 1. The predicted octanol–water partition coefficient (Wildman–Crippen LogP) is 1.07. The second-order valence-electron chi connectivity index (χ2n) is 4.74. The van der Waals surface area contributed by atoms with Crippen molar-refractivity contribution in [2.75, 3.05) is 25.9 Å². The molecule has 0 saturated heterocycles. The van der Waals surface area contributed by atoms with Crippen molar-refractivity contribution in [3.05, 3.63) is 35.9 Å². The van der Waals surface area contributed by atoms with Gasteiger partial charge in [-0.15, -0.1) is 0 Å². The number of nitrogens with one attached hydrogen (secondary N) is 1. The molecule has 0 heterocycles. The number of nitrogens with zero attached hydrogens (tertiary/aromatic N) is 1. The van der Waals surface area contributed by atoms with Gasteiger partial charge in [0.15, 0.2) is 0 Å². The molecule has 1 unspecified atom stereocenters. The molecule has 0 radical (unpaired) electrons. The van der Waals surface area contributed by atoms with Gasteiger partial charge >= 0.3 is 5.97 Å². The molecule has 0 aliphatic carbocycles. The lowest BCUT2D eigenvalue weighted by atomic mass is 10.1. The number of hydrogen-bond donors (Lipinski definition) is 2. The zero-order chi connectivity index (χ0) is 15.9. The van der Waals surface area contributed by atoms with Crippen LogP contribution in [0.5, 0.6) is 0 Å². The van der Waals surface area contributed by atoms with Crippen LogP contribution in [0.25, 0.3) is 0 Å². The number of carbonyl (C=O) groups is 1. The SMILES string of the molecule is CCN(CCCNC(C(=O)O)c1ccccc1)S(C)(=O)=O. The number of hydrogen-bond acceptors (Lipinski definition) is 4. The molecule has 7 heteroatoms. The Morgan fingerprint density at radius 3 is 2.43 bits per heavy atom. The van der Waals surface area contributed by atoms with Gasteiger partial charge in [0.05, 0.1) is 6.26 Å². The lowest BCUT2D eigenvalue weighted by molar-refractivity contribution is -0.139. The number of aliphatic carboxylic acids is 1. The zero-order valence-electron chi connectivity index (χ0n) is 12.3. The summed E-state index contributed by atoms with van der Waals surface area (Å²) in [6.45, 7) is 3.00. The van der Waals surface area contributed by atoms with Crippen LogP contribution in [0, 0.1) is 0 Å². The van der Waals surface area contributed by atoms with Gasteiger partial charge in [-0.1, -0.05) is 37.3 Å². The number of sulfonamides is 1. The minimum Gasteiger partial charge on any atom is -0.480 e. The normalized spacial score (nSPS) is 13.3. The summed E-state index contributed by atoms with van der Waals surface area (Å²) in [7, 11) is -3.19. The fraction of sp³-hybridized carbons (Fsp3) is 0.500. The molecule has 21 heavy (non-hydrogen) atoms. The highest BCUT2D eigenvalue weighted by Crippen LogP contribution is 2.12. The molecule has 0 saturated carbocycles. The van der Waals surface area contributed by atoms with Crippen LogP contribution in [0.4, 0.5) is 0 Å². The molecule has 0 aliphatic rings. The summed E-state index contributed by atoms with van der Waals surface area (Å²) in [4.78, 5) is 11.3. The summed E-state index contributed by atoms with van der Waals surface area (Å²) in [6, 6.07) is 8.12. The first-order valence-corrected chi connectivity index (χ1v) is 8.67. The summed E-state index contributed by atoms with van der Waals surface area (Å²) in [5, 5.41) is 12.2. The molecule has 0 spiro atoms. The summed E-state index contributed by atoms with van der Waals surface area (Å²) in [6.07, 6.45) is 1.73. The summed E-state index contributed by atoms with van der Waals surface area (Å²) >= 11 is 0. The van der Waals surface area contributed by atoms with Crippen LogP contribution >= 0.6 is 0 Å². The molecule has 2 N–H and O–H groups in total. The van der Waals surface area contributed by atoms with Crippen LogP contribution in [0.2, 0.25) is 0 Å². The summed E-state index contributed by atoms with van der Waals surface area (Å²) in [5.74, 6) is -0.948. The first kappa shape index (κ1) is 17.6. The Morgan fingerprint density at radius 2 is 1.95 bits per heavy atom. The van der Waals surface area contributed by atoms with E-state index in [0.29, 0.717) is 31.6 Å². The van der Waals surface area contributed by atoms with Crippen molar-refractivity contribution in [3.8, 4) is 0 Å². The Hall–Kier alpha value is -1.44. The third-order valence-electron chi connectivity index (χ3n) is 3.13. The van der Waals surface area contributed by atoms with Gasteiger partial charge < -0.3 is 10.4 Å². The fourth-order valence-corrected chi connectivity index (χ4v) is 2.98. The topological polar surface area (TPSA) is 86.7 Å². The van der Waals surface area contributed by atoms with E-state index in [1.54, 1.807) is 31.2 Å². The van der Waals surface area contributed by atoms with Gasteiger partial charge in [0.1, 0.15) is 6.04 Å². The predicted molar refractivity (Wildman–Crippen MR) is 81.5 cm³/mol. The Kier molecular flexibility index (Phi) is 6.80. The largest absolute Gasteiger partial charge is 0.480 e. The smallest absolute Gasteiger partial charge is 0.325 e. The fourth-order valence-electron chi connectivity index (χ4n) is 2.05. The molecule has 1 aromatic rings. The average Bonchev–Trinajstić information content (AvgIpc) is 2.42. The molecule has 6 nitrogen and oxygen atoms in total. The van der Waals surface area contributed by atoms with Gasteiger partial charge in [0.2, 0.25) is 10.0 Å². The maximum Gasteiger partial charge on any atom is 0.325 e. The van der Waals surface area contributed by atoms with Crippen LogP contribution in [0.1, 0.15) is 24.9 Å². The lowest BCUT2D eigenvalue weighted by Crippen LogP contribution is -2.34. The first-order chi connectivity index (χ1) is 9.86. The van der Waals surface area contributed by atoms with Gasteiger partial charge in [-0.25, -0.2) is 12.7 Å². The third-order valence-corrected chi connectivity index (χ3v) is 4.51. The Balaban J connectivity index is 2.51. The van der Waals surface area contributed by atoms with Crippen LogP contribution in [-0.4, -0.2) is 49.7 Å². The average molecular weight is 314 g/mol. The van der Waals surface area contributed by atoms with E-state index in [2.05, 4.69) is 5.32 Å². The molecular formula is C14H22N2O4S. The van der Waals surface area contributed by atoms with Crippen molar-refractivity contribution in [3.63, 3.8) is 0 Å². The molecule has 0 bridgehead atoms. The van der Waals surface area contributed by atoms with Gasteiger partial charge in [-0.2, -0.15) is 0 Å². The van der Waals surface area contributed by atoms with Crippen molar-refractivity contribution >= 4 is 16.0 Å². The lowest BCUT2D eigenvalue weighted by Gasteiger charge is -2.19. The van der Waals surface area contributed by atoms with E-state index in [1.807, 2.05) is 6.07 Å². The quantitative estimate of drug-likeness (QED) is 0.666. The molecule has 0 aromatic heterocycles. The maximum atomic E-state index is 11.4. The number of rotatable bonds is 9. The van der Waals surface area contributed by atoms with E-state index in [-0.39, 0.29) is 0 Å². The van der Waals surface area contributed by atoms with Crippen LogP contribution in [0.15, 0.2) is 30.3 Å². The highest BCUT2D eigenvalue weighted by Gasteiger charge is 2.19. The van der Waals surface area contributed by atoms with E-state index in [1.165, 1.54) is 10.6 Å². The van der Waals surface area contributed by atoms with Crippen molar-refractivity contribution in [2.45, 2.75) is 19.4 Å². The second kappa shape index (κ2) is 8.11. The Morgan fingerprint density at radius 1 is 1.33 bits per heavy atom. The van der Waals surface area contributed by atoms with E-state index in [9.17, 15) is 18.3 Å². The van der Waals surface area contributed by atoms with Crippen LogP contribution < -0.4 is 5.32 Å². The summed E-state index contributed by atoms with van der Waals surface area (Å²) < 4.78 is 24.2. The molecule has 0 fully saturated rings. The summed E-state index contributed by atoms with van der Waals surface area (Å²) in [5.41, 5.74) is 0.681. The standard InChI is InChI=1S/C14H22N2O4S/c1-3-16(21(2,19)20)11-7-10-15-13(14(17)18)12-8-5-4-6-9-12/h4-6,8-9,13,15H,3,7,10-11H2,1-2H3,(H,17,18). The molecule has 0 aliphatic heterocycles. The van der Waals surface area contributed by atoms with Crippen molar-refractivity contribution in [1.82, 2.24) is 9.62 Å². The van der Waals surface area contributed by atoms with Crippen LogP contribution in [-0.2, 0) is 14.8 Å². The van der Waals surface area contributed by atoms with Gasteiger partial charge in [0, 0.05) is 13.1 Å². The van der Waals surface area contributed by atoms with Crippen molar-refractivity contribution in [1.29, 1.82) is 0 Å². The molecule has 1 rings (SSSR count). The van der Waals surface area contributed by atoms with Crippen molar-refractivity contribution in [2.24, 2.45) is 0 Å². The minimum atomic E-state index is -3.19. The van der Waals surface area contributed by atoms with Gasteiger partial charge in [0.25, 0.3) is 0 Å². The van der Waals surface area contributed by atoms with E-state index in [4.69, 9.17) is 0 Å². The van der Waals surface area contributed by atoms with E-state index >= 15 is 0 Å². The van der Waals surface area contributed by atoms with E-state index < -0.39 is 22.0 Å². The third kappa shape index (κ3) is 5.82. The molecule has 118 valence electrons. The first-order valence-electron chi connectivity index (χ1n) is 6.82. The van der Waals surface area contributed by atoms with Crippen molar-refractivity contribution < 1.29 is 18.3 Å². The number of carboxylic acids is 1. The van der Waals surface area contributed by atoms with Crippen LogP contribution in [0.3, 0.4) is 0 Å². The molecule has 1 atom stereocenters. The van der Waals surface area contributed by atoms with E-state index in [0.717, 1.165) is 0 Å². The molecule has 1 aromatic carbocycles. The minimum absolute atomic E-state index is 0.378. The zero-order valence-corrected chi connectivity index (χ0v) is 13.1. The second-order valence-corrected chi connectivity index (χ2v) is 6.73. The Labute approximate surface area is 125 Å². The van der Waals surface area contributed by atoms with Gasteiger partial charge in [-0.05, 0) is 18.5 Å². The Bertz CT molecular complexity index is 545. The monoisotopic (exact) mass is 314 g/mol. The maximum absolute atomic E-state index is 11.4. The molecule has 0 amide bonds. The number of carboxylic acid groups (broad SMARTS) is 1. The highest BCUT2D eigenvalue weighted by atomic mass is 32.2. The van der Waals surface area contributed by atoms with Gasteiger partial charge in [-0.3, -0.25) is 4.79 Å².